The lowest BCUT2D eigenvalue weighted by atomic mass is 10.2. The van der Waals surface area contributed by atoms with Crippen molar-refractivity contribution in [1.82, 2.24) is 15.6 Å². The number of nitrogens with zero attached hydrogens (tertiary/aromatic N) is 2. The Morgan fingerprint density at radius 1 is 1.17 bits per heavy atom. The maximum Gasteiger partial charge on any atom is 0.219 e. The fourth-order valence-electron chi connectivity index (χ4n) is 3.02. The number of aromatic nitrogens is 1. The third-order valence-electron chi connectivity index (χ3n) is 4.44. The lowest BCUT2D eigenvalue weighted by molar-refractivity contribution is 0.114. The Kier molecular flexibility index (Phi) is 10.7. The van der Waals surface area contributed by atoms with Gasteiger partial charge in [-0.2, -0.15) is 0 Å². The zero-order valence-corrected chi connectivity index (χ0v) is 19.9. The molecule has 1 aromatic heterocycles. The number of pyridine rings is 1. The number of halogens is 1. The molecular weight excluding hydrogens is 495 g/mol. The molecule has 8 heteroatoms. The number of ether oxygens (including phenoxy) is 3. The molecule has 1 aliphatic heterocycles. The van der Waals surface area contributed by atoms with Crippen LogP contribution in [0.3, 0.4) is 0 Å². The highest BCUT2D eigenvalue weighted by Crippen LogP contribution is 2.23. The molecular formula is C22H31IN4O3. The molecule has 0 saturated carbocycles. The second kappa shape index (κ2) is 13.3. The van der Waals surface area contributed by atoms with Gasteiger partial charge < -0.3 is 24.8 Å². The maximum atomic E-state index is 5.86. The van der Waals surface area contributed by atoms with Gasteiger partial charge in [0.25, 0.3) is 0 Å². The van der Waals surface area contributed by atoms with Crippen molar-refractivity contribution >= 4 is 29.9 Å². The van der Waals surface area contributed by atoms with E-state index in [1.165, 1.54) is 0 Å². The van der Waals surface area contributed by atoms with Crippen molar-refractivity contribution in [3.63, 3.8) is 0 Å². The van der Waals surface area contributed by atoms with Gasteiger partial charge in [-0.3, -0.25) is 0 Å². The molecule has 30 heavy (non-hydrogen) atoms. The van der Waals surface area contributed by atoms with E-state index >= 15 is 0 Å². The van der Waals surface area contributed by atoms with Gasteiger partial charge in [0, 0.05) is 32.0 Å². The van der Waals surface area contributed by atoms with Crippen molar-refractivity contribution in [1.29, 1.82) is 0 Å². The molecule has 0 amide bonds. The summed E-state index contributed by atoms with van der Waals surface area (Å²) in [5.41, 5.74) is 1.02. The first-order valence-electron chi connectivity index (χ1n) is 10.3. The summed E-state index contributed by atoms with van der Waals surface area (Å²) in [5, 5.41) is 6.63. The SMILES string of the molecule is CCNC(=NCc1ccnc(Oc2ccc(OCC)cc2)c1)NCC1CCCO1.I. The van der Waals surface area contributed by atoms with Gasteiger partial charge in [0.2, 0.25) is 5.88 Å². The predicted molar refractivity (Wildman–Crippen MR) is 129 cm³/mol. The Hall–Kier alpha value is -2.07. The highest BCUT2D eigenvalue weighted by atomic mass is 127. The first kappa shape index (κ1) is 24.2. The van der Waals surface area contributed by atoms with Gasteiger partial charge in [0.15, 0.2) is 5.96 Å². The summed E-state index contributed by atoms with van der Waals surface area (Å²) in [4.78, 5) is 8.96. The van der Waals surface area contributed by atoms with Crippen LogP contribution in [0.1, 0.15) is 32.3 Å². The number of hydrogen-bond acceptors (Lipinski definition) is 5. The average Bonchev–Trinajstić information content (AvgIpc) is 3.26. The van der Waals surface area contributed by atoms with E-state index in [0.717, 1.165) is 49.8 Å². The first-order valence-corrected chi connectivity index (χ1v) is 10.3. The molecule has 0 bridgehead atoms. The van der Waals surface area contributed by atoms with Crippen LogP contribution in [0, 0.1) is 0 Å². The molecule has 0 radical (unpaired) electrons. The van der Waals surface area contributed by atoms with Gasteiger partial charge >= 0.3 is 0 Å². The van der Waals surface area contributed by atoms with E-state index in [1.807, 2.05) is 43.3 Å². The second-order valence-electron chi connectivity index (χ2n) is 6.72. The maximum absolute atomic E-state index is 5.86. The summed E-state index contributed by atoms with van der Waals surface area (Å²) >= 11 is 0. The Balaban J connectivity index is 0.00000320. The highest BCUT2D eigenvalue weighted by molar-refractivity contribution is 14.0. The van der Waals surface area contributed by atoms with Crippen LogP contribution in [0.2, 0.25) is 0 Å². The Bertz CT molecular complexity index is 780. The molecule has 1 fully saturated rings. The van der Waals surface area contributed by atoms with E-state index in [-0.39, 0.29) is 30.1 Å². The molecule has 1 unspecified atom stereocenters. The van der Waals surface area contributed by atoms with E-state index in [9.17, 15) is 0 Å². The molecule has 2 heterocycles. The topological polar surface area (TPSA) is 77.0 Å². The largest absolute Gasteiger partial charge is 0.494 e. The Labute approximate surface area is 195 Å². The minimum Gasteiger partial charge on any atom is -0.494 e. The van der Waals surface area contributed by atoms with Crippen LogP contribution in [0.5, 0.6) is 17.4 Å². The third kappa shape index (κ3) is 7.98. The molecule has 2 N–H and O–H groups in total. The van der Waals surface area contributed by atoms with Crippen LogP contribution in [-0.2, 0) is 11.3 Å². The number of guanidine groups is 1. The van der Waals surface area contributed by atoms with E-state index in [2.05, 4.69) is 27.5 Å². The molecule has 7 nitrogen and oxygen atoms in total. The smallest absolute Gasteiger partial charge is 0.219 e. The standard InChI is InChI=1S/C22H30N4O3.HI/c1-3-23-22(26-16-20-6-5-13-28-20)25-15-17-11-12-24-21(14-17)29-19-9-7-18(8-10-19)27-4-2;/h7-12,14,20H,3-6,13,15-16H2,1-2H3,(H2,23,25,26);1H. The summed E-state index contributed by atoms with van der Waals surface area (Å²) in [6, 6.07) is 11.4. The molecule has 1 atom stereocenters. The lowest BCUT2D eigenvalue weighted by Gasteiger charge is -2.14. The number of benzene rings is 1. The van der Waals surface area contributed by atoms with Crippen molar-refractivity contribution in [2.24, 2.45) is 4.99 Å². The Morgan fingerprint density at radius 2 is 1.97 bits per heavy atom. The van der Waals surface area contributed by atoms with Gasteiger partial charge in [-0.05, 0) is 62.6 Å². The van der Waals surface area contributed by atoms with E-state index in [4.69, 9.17) is 14.2 Å². The molecule has 1 saturated heterocycles. The van der Waals surface area contributed by atoms with Gasteiger partial charge in [0.1, 0.15) is 11.5 Å². The number of nitrogens with one attached hydrogen (secondary N) is 2. The Morgan fingerprint density at radius 3 is 2.67 bits per heavy atom. The molecule has 164 valence electrons. The normalized spacial score (nSPS) is 15.9. The second-order valence-corrected chi connectivity index (χ2v) is 6.72. The zero-order chi connectivity index (χ0) is 20.3. The first-order chi connectivity index (χ1) is 14.3. The van der Waals surface area contributed by atoms with Crippen LogP contribution in [0.15, 0.2) is 47.6 Å². The van der Waals surface area contributed by atoms with E-state index in [0.29, 0.717) is 24.8 Å². The molecule has 1 aromatic carbocycles. The van der Waals surface area contributed by atoms with Crippen molar-refractivity contribution in [2.45, 2.75) is 39.3 Å². The molecule has 3 rings (SSSR count). The van der Waals surface area contributed by atoms with Gasteiger partial charge in [-0.25, -0.2) is 9.98 Å². The summed E-state index contributed by atoms with van der Waals surface area (Å²) in [6.07, 6.45) is 4.24. The number of rotatable bonds is 9. The van der Waals surface area contributed by atoms with Crippen LogP contribution >= 0.6 is 24.0 Å². The average molecular weight is 526 g/mol. The lowest BCUT2D eigenvalue weighted by Crippen LogP contribution is -2.41. The molecule has 1 aliphatic rings. The van der Waals surface area contributed by atoms with Crippen molar-refractivity contribution < 1.29 is 14.2 Å². The summed E-state index contributed by atoms with van der Waals surface area (Å²) in [7, 11) is 0. The van der Waals surface area contributed by atoms with Gasteiger partial charge in [-0.1, -0.05) is 0 Å². The minimum absolute atomic E-state index is 0. The monoisotopic (exact) mass is 526 g/mol. The summed E-state index contributed by atoms with van der Waals surface area (Å²) < 4.78 is 17.0. The third-order valence-corrected chi connectivity index (χ3v) is 4.44. The fourth-order valence-corrected chi connectivity index (χ4v) is 3.02. The zero-order valence-electron chi connectivity index (χ0n) is 17.6. The van der Waals surface area contributed by atoms with Gasteiger partial charge in [0.05, 0.1) is 19.3 Å². The van der Waals surface area contributed by atoms with Crippen LogP contribution in [-0.4, -0.2) is 43.4 Å². The van der Waals surface area contributed by atoms with Crippen LogP contribution in [0.4, 0.5) is 0 Å². The number of aliphatic imine (C=N–C) groups is 1. The van der Waals surface area contributed by atoms with Crippen molar-refractivity contribution in [2.75, 3.05) is 26.3 Å². The summed E-state index contributed by atoms with van der Waals surface area (Å²) in [6.45, 7) is 7.62. The minimum atomic E-state index is 0. The number of hydrogen-bond donors (Lipinski definition) is 2. The summed E-state index contributed by atoms with van der Waals surface area (Å²) in [5.74, 6) is 2.86. The molecule has 0 spiro atoms. The fraction of sp³-hybridized carbons (Fsp3) is 0.455. The van der Waals surface area contributed by atoms with E-state index < -0.39 is 0 Å². The van der Waals surface area contributed by atoms with Crippen molar-refractivity contribution in [3.8, 4) is 17.4 Å². The van der Waals surface area contributed by atoms with Crippen LogP contribution in [0.25, 0.3) is 0 Å². The quantitative estimate of drug-likeness (QED) is 0.291. The van der Waals surface area contributed by atoms with Crippen LogP contribution < -0.4 is 20.1 Å². The highest BCUT2D eigenvalue weighted by Gasteiger charge is 2.15. The van der Waals surface area contributed by atoms with Gasteiger partial charge in [-0.15, -0.1) is 24.0 Å². The van der Waals surface area contributed by atoms with Crippen molar-refractivity contribution in [3.05, 3.63) is 48.2 Å². The predicted octanol–water partition coefficient (Wildman–Crippen LogP) is 4.12. The molecule has 2 aromatic rings. The molecule has 0 aliphatic carbocycles. The van der Waals surface area contributed by atoms with E-state index in [1.54, 1.807) is 6.20 Å².